The molecule has 1 aliphatic rings. The highest BCUT2D eigenvalue weighted by Crippen LogP contribution is 2.39. The van der Waals surface area contributed by atoms with Crippen LogP contribution >= 0.6 is 11.6 Å². The smallest absolute Gasteiger partial charge is 0.307 e. The van der Waals surface area contributed by atoms with Crippen LogP contribution in [0.25, 0.3) is 0 Å². The molecule has 2 rings (SSSR count). The standard InChI is InChI=1S/C11H11ClO4/c12-10-7(6-9(13)14)2-3-8-11(10)16-5-1-4-15-8/h2-3H,1,4-6H2,(H,13,14). The van der Waals surface area contributed by atoms with Gasteiger partial charge >= 0.3 is 5.97 Å². The van der Waals surface area contributed by atoms with E-state index in [1.807, 2.05) is 0 Å². The fourth-order valence-corrected chi connectivity index (χ4v) is 1.82. The van der Waals surface area contributed by atoms with Gasteiger partial charge in [-0.1, -0.05) is 17.7 Å². The maximum atomic E-state index is 10.6. The van der Waals surface area contributed by atoms with Gasteiger partial charge in [0.2, 0.25) is 0 Å². The first-order chi connectivity index (χ1) is 7.68. The number of ether oxygens (including phenoxy) is 2. The molecule has 0 spiro atoms. The van der Waals surface area contributed by atoms with E-state index in [9.17, 15) is 4.79 Å². The highest BCUT2D eigenvalue weighted by Gasteiger charge is 2.18. The Bertz CT molecular complexity index is 417. The number of hydrogen-bond acceptors (Lipinski definition) is 3. The first-order valence-electron chi connectivity index (χ1n) is 4.97. The average molecular weight is 243 g/mol. The van der Waals surface area contributed by atoms with Crippen LogP contribution in [0.5, 0.6) is 11.5 Å². The van der Waals surface area contributed by atoms with Gasteiger partial charge < -0.3 is 14.6 Å². The number of carboxylic acids is 1. The highest BCUT2D eigenvalue weighted by molar-refractivity contribution is 6.33. The van der Waals surface area contributed by atoms with E-state index in [0.717, 1.165) is 6.42 Å². The number of carboxylic acid groups (broad SMARTS) is 1. The summed E-state index contributed by atoms with van der Waals surface area (Å²) in [6, 6.07) is 3.36. The van der Waals surface area contributed by atoms with E-state index in [2.05, 4.69) is 0 Å². The molecule has 0 saturated carbocycles. The Morgan fingerprint density at radius 3 is 2.88 bits per heavy atom. The van der Waals surface area contributed by atoms with Crippen molar-refractivity contribution in [3.8, 4) is 11.5 Å². The Kier molecular flexibility index (Phi) is 3.19. The van der Waals surface area contributed by atoms with Crippen molar-refractivity contribution in [3.05, 3.63) is 22.7 Å². The molecule has 1 N–H and O–H groups in total. The summed E-state index contributed by atoms with van der Waals surface area (Å²) in [6.45, 7) is 1.12. The van der Waals surface area contributed by atoms with Gasteiger partial charge in [0.15, 0.2) is 11.5 Å². The maximum absolute atomic E-state index is 10.6. The molecule has 1 heterocycles. The summed E-state index contributed by atoms with van der Waals surface area (Å²) < 4.78 is 10.9. The van der Waals surface area contributed by atoms with Crippen molar-refractivity contribution in [2.24, 2.45) is 0 Å². The summed E-state index contributed by atoms with van der Waals surface area (Å²) in [4.78, 5) is 10.6. The molecule has 0 fully saturated rings. The van der Waals surface area contributed by atoms with Crippen LogP contribution in [-0.2, 0) is 11.2 Å². The zero-order chi connectivity index (χ0) is 11.5. The van der Waals surface area contributed by atoms with Crippen LogP contribution in [-0.4, -0.2) is 24.3 Å². The summed E-state index contributed by atoms with van der Waals surface area (Å²) in [5.74, 6) is 0.117. The molecule has 1 aromatic rings. The molecule has 4 nitrogen and oxygen atoms in total. The third kappa shape index (κ3) is 2.22. The van der Waals surface area contributed by atoms with Crippen LogP contribution in [0.1, 0.15) is 12.0 Å². The van der Waals surface area contributed by atoms with Gasteiger partial charge in [0, 0.05) is 6.42 Å². The molecular weight excluding hydrogens is 232 g/mol. The van der Waals surface area contributed by atoms with Crippen LogP contribution in [0.2, 0.25) is 5.02 Å². The topological polar surface area (TPSA) is 55.8 Å². The van der Waals surface area contributed by atoms with Gasteiger partial charge in [-0.15, -0.1) is 0 Å². The Balaban J connectivity index is 2.37. The number of hydrogen-bond donors (Lipinski definition) is 1. The molecular formula is C11H11ClO4. The maximum Gasteiger partial charge on any atom is 0.307 e. The molecule has 0 aromatic heterocycles. The summed E-state index contributed by atoms with van der Waals surface area (Å²) in [6.07, 6.45) is 0.675. The van der Waals surface area contributed by atoms with E-state index < -0.39 is 5.97 Å². The van der Waals surface area contributed by atoms with Crippen molar-refractivity contribution in [2.45, 2.75) is 12.8 Å². The monoisotopic (exact) mass is 242 g/mol. The minimum Gasteiger partial charge on any atom is -0.490 e. The van der Waals surface area contributed by atoms with Gasteiger partial charge in [-0.3, -0.25) is 4.79 Å². The molecule has 0 saturated heterocycles. The Morgan fingerprint density at radius 2 is 2.12 bits per heavy atom. The summed E-state index contributed by atoms with van der Waals surface area (Å²) in [5, 5.41) is 9.06. The molecule has 1 aliphatic heterocycles. The summed E-state index contributed by atoms with van der Waals surface area (Å²) in [7, 11) is 0. The molecule has 1 aromatic carbocycles. The van der Waals surface area contributed by atoms with Crippen LogP contribution in [0.3, 0.4) is 0 Å². The number of halogens is 1. The van der Waals surface area contributed by atoms with Gasteiger partial charge in [-0.25, -0.2) is 0 Å². The number of aliphatic carboxylic acids is 1. The molecule has 86 valence electrons. The molecule has 0 radical (unpaired) electrons. The second-order valence-corrected chi connectivity index (χ2v) is 3.86. The lowest BCUT2D eigenvalue weighted by Crippen LogP contribution is -2.02. The first kappa shape index (κ1) is 11.1. The van der Waals surface area contributed by atoms with Gasteiger partial charge in [0.25, 0.3) is 0 Å². The van der Waals surface area contributed by atoms with Gasteiger partial charge in [0.1, 0.15) is 0 Å². The third-order valence-electron chi connectivity index (χ3n) is 2.28. The van der Waals surface area contributed by atoms with Crippen molar-refractivity contribution < 1.29 is 19.4 Å². The fourth-order valence-electron chi connectivity index (χ4n) is 1.54. The molecule has 5 heteroatoms. The lowest BCUT2D eigenvalue weighted by atomic mass is 10.1. The predicted octanol–water partition coefficient (Wildman–Crippen LogP) is 2.13. The highest BCUT2D eigenvalue weighted by atomic mass is 35.5. The van der Waals surface area contributed by atoms with E-state index in [0.29, 0.717) is 35.3 Å². The van der Waals surface area contributed by atoms with E-state index in [4.69, 9.17) is 26.2 Å². The number of benzene rings is 1. The van der Waals surface area contributed by atoms with E-state index >= 15 is 0 Å². The van der Waals surface area contributed by atoms with E-state index in [1.54, 1.807) is 12.1 Å². The molecule has 0 atom stereocenters. The van der Waals surface area contributed by atoms with Gasteiger partial charge in [-0.2, -0.15) is 0 Å². The number of rotatable bonds is 2. The van der Waals surface area contributed by atoms with Gasteiger partial charge in [-0.05, 0) is 11.6 Å². The van der Waals surface area contributed by atoms with Crippen molar-refractivity contribution >= 4 is 17.6 Å². The largest absolute Gasteiger partial charge is 0.490 e. The zero-order valence-electron chi connectivity index (χ0n) is 8.53. The van der Waals surface area contributed by atoms with E-state index in [-0.39, 0.29) is 6.42 Å². The Hall–Kier alpha value is -1.42. The Labute approximate surface area is 97.7 Å². The van der Waals surface area contributed by atoms with Crippen molar-refractivity contribution in [1.82, 2.24) is 0 Å². The first-order valence-corrected chi connectivity index (χ1v) is 5.35. The molecule has 0 bridgehead atoms. The summed E-state index contributed by atoms with van der Waals surface area (Å²) in [5.41, 5.74) is 0.540. The lowest BCUT2D eigenvalue weighted by Gasteiger charge is -2.11. The van der Waals surface area contributed by atoms with Gasteiger partial charge in [0.05, 0.1) is 24.7 Å². The lowest BCUT2D eigenvalue weighted by molar-refractivity contribution is -0.136. The van der Waals surface area contributed by atoms with E-state index in [1.165, 1.54) is 0 Å². The van der Waals surface area contributed by atoms with Crippen molar-refractivity contribution in [3.63, 3.8) is 0 Å². The SMILES string of the molecule is O=C(O)Cc1ccc2c(c1Cl)OCCCO2. The average Bonchev–Trinajstić information content (AvgIpc) is 2.47. The number of fused-ring (bicyclic) bond motifs is 1. The fraction of sp³-hybridized carbons (Fsp3) is 0.364. The zero-order valence-corrected chi connectivity index (χ0v) is 9.29. The van der Waals surface area contributed by atoms with Crippen molar-refractivity contribution in [1.29, 1.82) is 0 Å². The third-order valence-corrected chi connectivity index (χ3v) is 2.69. The summed E-state index contributed by atoms with van der Waals surface area (Å²) >= 11 is 6.07. The van der Waals surface area contributed by atoms with Crippen molar-refractivity contribution in [2.75, 3.05) is 13.2 Å². The molecule has 0 amide bonds. The molecule has 0 unspecified atom stereocenters. The minimum absolute atomic E-state index is 0.116. The molecule has 0 aliphatic carbocycles. The Morgan fingerprint density at radius 1 is 1.38 bits per heavy atom. The predicted molar refractivity (Wildman–Crippen MR) is 58.4 cm³/mol. The quantitative estimate of drug-likeness (QED) is 0.863. The second kappa shape index (κ2) is 4.61. The van der Waals surface area contributed by atoms with Crippen LogP contribution in [0, 0.1) is 0 Å². The van der Waals surface area contributed by atoms with Crippen LogP contribution in [0.15, 0.2) is 12.1 Å². The number of carbonyl (C=O) groups is 1. The second-order valence-electron chi connectivity index (χ2n) is 3.49. The molecule has 16 heavy (non-hydrogen) atoms. The van der Waals surface area contributed by atoms with Crippen LogP contribution < -0.4 is 9.47 Å². The normalized spacial score (nSPS) is 14.3. The van der Waals surface area contributed by atoms with Crippen LogP contribution in [0.4, 0.5) is 0 Å². The minimum atomic E-state index is -0.920.